The monoisotopic (exact) mass is 136 g/mol. The third-order valence-corrected chi connectivity index (χ3v) is 1.73. The summed E-state index contributed by atoms with van der Waals surface area (Å²) in [5.74, 6) is 0. The molecule has 2 nitrogen and oxygen atoms in total. The van der Waals surface area contributed by atoms with Crippen molar-refractivity contribution in [1.82, 2.24) is 5.32 Å². The van der Waals surface area contributed by atoms with Crippen LogP contribution in [-0.4, -0.2) is 13.1 Å². The van der Waals surface area contributed by atoms with Crippen LogP contribution in [0.15, 0.2) is 11.6 Å². The third-order valence-electron chi connectivity index (χ3n) is 1.73. The zero-order valence-electron chi connectivity index (χ0n) is 6.06. The van der Waals surface area contributed by atoms with Crippen LogP contribution in [0.1, 0.15) is 19.3 Å². The topological polar surface area (TPSA) is 35.8 Å². The van der Waals surface area contributed by atoms with E-state index in [1.54, 1.807) is 0 Å². The highest BCUT2D eigenvalue weighted by Crippen LogP contribution is 2.09. The number of hydrogen-bond donors (Lipinski definition) is 1. The highest BCUT2D eigenvalue weighted by atomic mass is 14.9. The summed E-state index contributed by atoms with van der Waals surface area (Å²) in [6.07, 6.45) is 4.89. The summed E-state index contributed by atoms with van der Waals surface area (Å²) in [5.41, 5.74) is 1.44. The van der Waals surface area contributed by atoms with Gasteiger partial charge >= 0.3 is 0 Å². The lowest BCUT2D eigenvalue weighted by atomic mass is 10.0. The van der Waals surface area contributed by atoms with E-state index in [1.807, 2.05) is 0 Å². The maximum atomic E-state index is 8.29. The first-order valence-electron chi connectivity index (χ1n) is 3.69. The maximum Gasteiger partial charge on any atom is 0.0663 e. The molecule has 1 rings (SSSR count). The van der Waals surface area contributed by atoms with Gasteiger partial charge in [0.05, 0.1) is 12.5 Å². The van der Waals surface area contributed by atoms with E-state index in [4.69, 9.17) is 5.26 Å². The van der Waals surface area contributed by atoms with Gasteiger partial charge in [0.15, 0.2) is 0 Å². The first-order chi connectivity index (χ1) is 4.93. The van der Waals surface area contributed by atoms with Crippen LogP contribution < -0.4 is 5.32 Å². The first kappa shape index (κ1) is 7.30. The van der Waals surface area contributed by atoms with Gasteiger partial charge in [-0.25, -0.2) is 0 Å². The lowest BCUT2D eigenvalue weighted by molar-refractivity contribution is 0.608. The summed E-state index contributed by atoms with van der Waals surface area (Å²) in [5, 5.41) is 11.6. The Morgan fingerprint density at radius 3 is 2.80 bits per heavy atom. The molecule has 10 heavy (non-hydrogen) atoms. The fraction of sp³-hybridized carbons (Fsp3) is 0.625. The van der Waals surface area contributed by atoms with Gasteiger partial charge in [-0.15, -0.1) is 0 Å². The van der Waals surface area contributed by atoms with E-state index in [0.717, 1.165) is 25.9 Å². The summed E-state index contributed by atoms with van der Waals surface area (Å²) >= 11 is 0. The predicted molar refractivity (Wildman–Crippen MR) is 40.4 cm³/mol. The molecule has 1 aliphatic rings. The molecule has 0 bridgehead atoms. The summed E-state index contributed by atoms with van der Waals surface area (Å²) < 4.78 is 0. The van der Waals surface area contributed by atoms with E-state index >= 15 is 0 Å². The normalized spacial score (nSPS) is 18.1. The number of nitrogens with zero attached hydrogens (tertiary/aromatic N) is 1. The molecule has 0 aliphatic carbocycles. The number of hydrogen-bond acceptors (Lipinski definition) is 2. The van der Waals surface area contributed by atoms with Gasteiger partial charge < -0.3 is 5.32 Å². The lowest BCUT2D eigenvalue weighted by Gasteiger charge is -2.14. The van der Waals surface area contributed by atoms with Crippen LogP contribution in [0.5, 0.6) is 0 Å². The molecule has 1 heterocycles. The van der Waals surface area contributed by atoms with Crippen molar-refractivity contribution in [2.24, 2.45) is 0 Å². The number of piperidine rings is 1. The average Bonchev–Trinajstić information content (AvgIpc) is 2.03. The van der Waals surface area contributed by atoms with E-state index in [9.17, 15) is 0 Å². The Bertz CT molecular complexity index is 157. The van der Waals surface area contributed by atoms with Crippen LogP contribution in [0.4, 0.5) is 0 Å². The minimum atomic E-state index is 0.579. The van der Waals surface area contributed by atoms with Gasteiger partial charge in [-0.1, -0.05) is 11.6 Å². The Kier molecular flexibility index (Phi) is 2.98. The Morgan fingerprint density at radius 1 is 1.50 bits per heavy atom. The Labute approximate surface area is 61.5 Å². The first-order valence-corrected chi connectivity index (χ1v) is 3.69. The van der Waals surface area contributed by atoms with Crippen molar-refractivity contribution >= 4 is 0 Å². The van der Waals surface area contributed by atoms with Crippen molar-refractivity contribution in [3.63, 3.8) is 0 Å². The molecule has 0 atom stereocenters. The highest BCUT2D eigenvalue weighted by Gasteiger charge is 2.02. The molecule has 0 radical (unpaired) electrons. The molecule has 0 spiro atoms. The minimum absolute atomic E-state index is 0.579. The second kappa shape index (κ2) is 4.08. The van der Waals surface area contributed by atoms with Gasteiger partial charge in [0, 0.05) is 0 Å². The van der Waals surface area contributed by atoms with Gasteiger partial charge in [-0.3, -0.25) is 0 Å². The zero-order chi connectivity index (χ0) is 7.23. The molecule has 54 valence electrons. The average molecular weight is 136 g/mol. The van der Waals surface area contributed by atoms with Crippen molar-refractivity contribution in [2.75, 3.05) is 13.1 Å². The van der Waals surface area contributed by atoms with Crippen molar-refractivity contribution in [3.05, 3.63) is 11.6 Å². The van der Waals surface area contributed by atoms with Gasteiger partial charge in [-0.05, 0) is 25.9 Å². The van der Waals surface area contributed by atoms with Crippen LogP contribution in [0.3, 0.4) is 0 Å². The molecule has 0 saturated carbocycles. The van der Waals surface area contributed by atoms with Crippen LogP contribution in [0.2, 0.25) is 0 Å². The van der Waals surface area contributed by atoms with E-state index in [-0.39, 0.29) is 0 Å². The largest absolute Gasteiger partial charge is 0.316 e. The summed E-state index contributed by atoms with van der Waals surface area (Å²) in [4.78, 5) is 0. The predicted octanol–water partition coefficient (Wildman–Crippen LogP) is 1.21. The number of allylic oxidation sites excluding steroid dienone is 1. The summed E-state index contributed by atoms with van der Waals surface area (Å²) in [6, 6.07) is 2.12. The number of nitriles is 1. The fourth-order valence-corrected chi connectivity index (χ4v) is 1.14. The highest BCUT2D eigenvalue weighted by molar-refractivity contribution is 5.07. The van der Waals surface area contributed by atoms with Gasteiger partial charge in [-0.2, -0.15) is 5.26 Å². The Balaban J connectivity index is 2.32. The SMILES string of the molecule is N#CCC=C1CCNCC1. The smallest absolute Gasteiger partial charge is 0.0663 e. The maximum absolute atomic E-state index is 8.29. The fourth-order valence-electron chi connectivity index (χ4n) is 1.14. The molecule has 0 unspecified atom stereocenters. The summed E-state index contributed by atoms with van der Waals surface area (Å²) in [7, 11) is 0. The van der Waals surface area contributed by atoms with E-state index < -0.39 is 0 Å². The minimum Gasteiger partial charge on any atom is -0.316 e. The van der Waals surface area contributed by atoms with Crippen molar-refractivity contribution in [2.45, 2.75) is 19.3 Å². The Morgan fingerprint density at radius 2 is 2.20 bits per heavy atom. The van der Waals surface area contributed by atoms with Crippen LogP contribution in [0.25, 0.3) is 0 Å². The van der Waals surface area contributed by atoms with Crippen LogP contribution in [0, 0.1) is 11.3 Å². The molecule has 0 aromatic rings. The van der Waals surface area contributed by atoms with Crippen molar-refractivity contribution in [1.29, 1.82) is 5.26 Å². The molecule has 0 amide bonds. The lowest BCUT2D eigenvalue weighted by Crippen LogP contribution is -2.22. The van der Waals surface area contributed by atoms with Crippen LogP contribution in [-0.2, 0) is 0 Å². The molecule has 0 aromatic heterocycles. The molecular formula is C8H12N2. The molecular weight excluding hydrogens is 124 g/mol. The van der Waals surface area contributed by atoms with E-state index in [2.05, 4.69) is 17.5 Å². The molecule has 0 aromatic carbocycles. The van der Waals surface area contributed by atoms with Crippen molar-refractivity contribution < 1.29 is 0 Å². The van der Waals surface area contributed by atoms with Gasteiger partial charge in [0.25, 0.3) is 0 Å². The van der Waals surface area contributed by atoms with Crippen LogP contribution >= 0.6 is 0 Å². The molecule has 2 heteroatoms. The number of rotatable bonds is 1. The van der Waals surface area contributed by atoms with Gasteiger partial charge in [0.2, 0.25) is 0 Å². The quantitative estimate of drug-likeness (QED) is 0.550. The van der Waals surface area contributed by atoms with E-state index in [0.29, 0.717) is 6.42 Å². The van der Waals surface area contributed by atoms with Gasteiger partial charge in [0.1, 0.15) is 0 Å². The van der Waals surface area contributed by atoms with E-state index in [1.165, 1.54) is 5.57 Å². The molecule has 1 fully saturated rings. The number of nitrogens with one attached hydrogen (secondary N) is 1. The molecule has 1 saturated heterocycles. The Hall–Kier alpha value is -0.810. The molecule has 1 aliphatic heterocycles. The third kappa shape index (κ3) is 2.20. The zero-order valence-corrected chi connectivity index (χ0v) is 6.06. The standard InChI is InChI=1S/C8H12N2/c9-5-1-2-8-3-6-10-7-4-8/h2,10H,1,3-4,6-7H2. The molecule has 1 N–H and O–H groups in total. The van der Waals surface area contributed by atoms with Crippen molar-refractivity contribution in [3.8, 4) is 6.07 Å². The summed E-state index contributed by atoms with van der Waals surface area (Å²) in [6.45, 7) is 2.16. The second-order valence-corrected chi connectivity index (χ2v) is 2.47. The second-order valence-electron chi connectivity index (χ2n) is 2.47.